The van der Waals surface area contributed by atoms with Crippen molar-refractivity contribution in [1.29, 1.82) is 0 Å². The molecule has 0 aromatic rings. The van der Waals surface area contributed by atoms with Gasteiger partial charge >= 0.3 is 0 Å². The van der Waals surface area contributed by atoms with E-state index in [1.54, 1.807) is 4.31 Å². The summed E-state index contributed by atoms with van der Waals surface area (Å²) in [7, 11) is -1.59. The Hall–Kier alpha value is -0.210. The lowest BCUT2D eigenvalue weighted by molar-refractivity contribution is 0.0375. The number of piperidine rings is 1. The molecular formula is C13H27N3O3S. The largest absolute Gasteiger partial charge is 0.380 e. The molecule has 0 amide bonds. The smallest absolute Gasteiger partial charge is 0.280 e. The van der Waals surface area contributed by atoms with Gasteiger partial charge in [0.25, 0.3) is 10.2 Å². The van der Waals surface area contributed by atoms with E-state index in [1.807, 2.05) is 14.0 Å². The maximum Gasteiger partial charge on any atom is 0.280 e. The number of rotatable bonds is 5. The predicted octanol–water partition coefficient (Wildman–Crippen LogP) is 0.464. The highest BCUT2D eigenvalue weighted by Gasteiger charge is 2.38. The van der Waals surface area contributed by atoms with Gasteiger partial charge in [-0.05, 0) is 39.7 Å². The molecule has 2 rings (SSSR count). The van der Waals surface area contributed by atoms with E-state index in [9.17, 15) is 8.42 Å². The van der Waals surface area contributed by atoms with Crippen LogP contribution in [0.1, 0.15) is 39.0 Å². The van der Waals surface area contributed by atoms with Crippen molar-refractivity contribution >= 4 is 10.2 Å². The van der Waals surface area contributed by atoms with Crippen LogP contribution in [0.2, 0.25) is 0 Å². The van der Waals surface area contributed by atoms with Crippen molar-refractivity contribution in [1.82, 2.24) is 14.3 Å². The average molecular weight is 305 g/mol. The number of nitrogens with one attached hydrogen (secondary N) is 2. The average Bonchev–Trinajstić information content (AvgIpc) is 2.39. The summed E-state index contributed by atoms with van der Waals surface area (Å²) in [4.78, 5) is 0. The van der Waals surface area contributed by atoms with Gasteiger partial charge in [-0.25, -0.2) is 0 Å². The number of nitrogens with zero attached hydrogens (tertiary/aromatic N) is 1. The van der Waals surface area contributed by atoms with Crippen LogP contribution >= 0.6 is 0 Å². The van der Waals surface area contributed by atoms with Gasteiger partial charge in [0, 0.05) is 25.7 Å². The van der Waals surface area contributed by atoms with Crippen LogP contribution in [-0.2, 0) is 14.9 Å². The van der Waals surface area contributed by atoms with Crippen molar-refractivity contribution in [3.8, 4) is 0 Å². The first-order chi connectivity index (χ1) is 9.47. The molecule has 6 nitrogen and oxygen atoms in total. The molecule has 7 heteroatoms. The van der Waals surface area contributed by atoms with Crippen LogP contribution in [0.4, 0.5) is 0 Å². The minimum Gasteiger partial charge on any atom is -0.380 e. The summed E-state index contributed by atoms with van der Waals surface area (Å²) in [5.41, 5.74) is -0.473. The second kappa shape index (κ2) is 6.70. The van der Waals surface area contributed by atoms with Gasteiger partial charge in [0.2, 0.25) is 0 Å². The molecule has 2 atom stereocenters. The third-order valence-electron chi connectivity index (χ3n) is 4.13. The lowest BCUT2D eigenvalue weighted by Gasteiger charge is -2.39. The molecule has 0 radical (unpaired) electrons. The zero-order chi connectivity index (χ0) is 14.6. The van der Waals surface area contributed by atoms with Crippen LogP contribution in [0.5, 0.6) is 0 Å². The van der Waals surface area contributed by atoms with Crippen LogP contribution in [-0.4, -0.2) is 57.7 Å². The molecule has 0 spiro atoms. The minimum atomic E-state index is -3.45. The van der Waals surface area contributed by atoms with Crippen molar-refractivity contribution in [3.05, 3.63) is 0 Å². The summed E-state index contributed by atoms with van der Waals surface area (Å²) in [5.74, 6) is 0. The minimum absolute atomic E-state index is 0.0550. The first-order valence-corrected chi connectivity index (χ1v) is 8.94. The molecule has 2 unspecified atom stereocenters. The summed E-state index contributed by atoms with van der Waals surface area (Å²) < 4.78 is 35.3. The normalized spacial score (nSPS) is 33.2. The Bertz CT molecular complexity index is 405. The van der Waals surface area contributed by atoms with Gasteiger partial charge in [-0.1, -0.05) is 6.42 Å². The van der Waals surface area contributed by atoms with E-state index in [1.165, 1.54) is 0 Å². The molecule has 2 heterocycles. The molecule has 0 bridgehead atoms. The molecule has 2 aliphatic rings. The molecule has 118 valence electrons. The highest BCUT2D eigenvalue weighted by Crippen LogP contribution is 2.24. The second-order valence-corrected chi connectivity index (χ2v) is 7.77. The van der Waals surface area contributed by atoms with Gasteiger partial charge in [-0.2, -0.15) is 17.4 Å². The third-order valence-corrected chi connectivity index (χ3v) is 5.98. The molecule has 0 saturated carbocycles. The molecular weight excluding hydrogens is 278 g/mol. The molecule has 2 N–H and O–H groups in total. The highest BCUT2D eigenvalue weighted by atomic mass is 32.2. The Morgan fingerprint density at radius 2 is 2.15 bits per heavy atom. The van der Waals surface area contributed by atoms with Crippen molar-refractivity contribution in [3.63, 3.8) is 0 Å². The molecule has 0 aromatic carbocycles. The summed E-state index contributed by atoms with van der Waals surface area (Å²) >= 11 is 0. The summed E-state index contributed by atoms with van der Waals surface area (Å²) in [6.45, 7) is 4.42. The van der Waals surface area contributed by atoms with Gasteiger partial charge in [0.1, 0.15) is 0 Å². The van der Waals surface area contributed by atoms with Crippen molar-refractivity contribution in [2.24, 2.45) is 0 Å². The second-order valence-electron chi connectivity index (χ2n) is 6.14. The Labute approximate surface area is 122 Å². The summed E-state index contributed by atoms with van der Waals surface area (Å²) in [6, 6.07) is 0.0550. The topological polar surface area (TPSA) is 70.7 Å². The van der Waals surface area contributed by atoms with Crippen molar-refractivity contribution in [2.45, 2.75) is 50.6 Å². The Balaban J connectivity index is 2.07. The van der Waals surface area contributed by atoms with E-state index in [0.29, 0.717) is 19.7 Å². The number of hydrogen-bond acceptors (Lipinski definition) is 4. The molecule has 2 aliphatic heterocycles. The maximum absolute atomic E-state index is 12.7. The van der Waals surface area contributed by atoms with Gasteiger partial charge in [-0.15, -0.1) is 0 Å². The van der Waals surface area contributed by atoms with E-state index in [2.05, 4.69) is 10.0 Å². The number of likely N-dealkylation sites (N-methyl/N-ethyl adjacent to an activating group) is 1. The maximum atomic E-state index is 12.7. The van der Waals surface area contributed by atoms with Gasteiger partial charge in [-0.3, -0.25) is 0 Å². The van der Waals surface area contributed by atoms with Crippen molar-refractivity contribution < 1.29 is 13.2 Å². The van der Waals surface area contributed by atoms with E-state index in [0.717, 1.165) is 38.7 Å². The Kier molecular flexibility index (Phi) is 5.42. The van der Waals surface area contributed by atoms with Gasteiger partial charge in [0.05, 0.1) is 12.1 Å². The zero-order valence-corrected chi connectivity index (χ0v) is 13.3. The SMILES string of the molecule is CNCC1CCCCN1S(=O)(=O)NC1(C)CCCOC1. The highest BCUT2D eigenvalue weighted by molar-refractivity contribution is 7.87. The predicted molar refractivity (Wildman–Crippen MR) is 78.8 cm³/mol. The standard InChI is InChI=1S/C13H27N3O3S/c1-13(7-5-9-19-11-13)15-20(17,18)16-8-4-3-6-12(16)10-14-2/h12,14-15H,3-11H2,1-2H3. The fourth-order valence-electron chi connectivity index (χ4n) is 3.11. The van der Waals surface area contributed by atoms with Gasteiger partial charge in [0.15, 0.2) is 0 Å². The van der Waals surface area contributed by atoms with E-state index < -0.39 is 15.7 Å². The Morgan fingerprint density at radius 3 is 2.80 bits per heavy atom. The summed E-state index contributed by atoms with van der Waals surface area (Å²) in [6.07, 6.45) is 4.69. The lowest BCUT2D eigenvalue weighted by atomic mass is 9.97. The van der Waals surface area contributed by atoms with E-state index in [4.69, 9.17) is 4.74 Å². The van der Waals surface area contributed by atoms with Crippen LogP contribution in [0.15, 0.2) is 0 Å². The number of hydrogen-bond donors (Lipinski definition) is 2. The van der Waals surface area contributed by atoms with Crippen LogP contribution in [0.25, 0.3) is 0 Å². The Morgan fingerprint density at radius 1 is 1.35 bits per heavy atom. The van der Waals surface area contributed by atoms with Crippen LogP contribution < -0.4 is 10.0 Å². The van der Waals surface area contributed by atoms with E-state index >= 15 is 0 Å². The van der Waals surface area contributed by atoms with Crippen LogP contribution in [0, 0.1) is 0 Å². The molecule has 0 aromatic heterocycles. The van der Waals surface area contributed by atoms with E-state index in [-0.39, 0.29) is 6.04 Å². The first kappa shape index (κ1) is 16.2. The van der Waals surface area contributed by atoms with Gasteiger partial charge < -0.3 is 10.1 Å². The molecule has 20 heavy (non-hydrogen) atoms. The molecule has 2 saturated heterocycles. The molecule has 0 aliphatic carbocycles. The molecule has 2 fully saturated rings. The monoisotopic (exact) mass is 305 g/mol. The summed E-state index contributed by atoms with van der Waals surface area (Å²) in [5, 5.41) is 3.09. The van der Waals surface area contributed by atoms with Crippen molar-refractivity contribution in [2.75, 3.05) is 33.4 Å². The third kappa shape index (κ3) is 3.92. The van der Waals surface area contributed by atoms with Crippen LogP contribution in [0.3, 0.4) is 0 Å². The fraction of sp³-hybridized carbons (Fsp3) is 1.00. The quantitative estimate of drug-likeness (QED) is 0.774. The lowest BCUT2D eigenvalue weighted by Crippen LogP contribution is -2.59. The fourth-order valence-corrected chi connectivity index (χ4v) is 4.96. The zero-order valence-electron chi connectivity index (χ0n) is 12.5. The number of ether oxygens (including phenoxy) is 1. The first-order valence-electron chi connectivity index (χ1n) is 7.50.